The first-order valence-corrected chi connectivity index (χ1v) is 6.06. The van der Waals surface area contributed by atoms with E-state index in [0.29, 0.717) is 6.54 Å². The van der Waals surface area contributed by atoms with Gasteiger partial charge in [-0.05, 0) is 6.92 Å². The second kappa shape index (κ2) is 6.37. The molecule has 1 saturated heterocycles. The average molecular weight is 273 g/mol. The van der Waals surface area contributed by atoms with E-state index in [1.807, 2.05) is 0 Å². The normalized spacial score (nSPS) is 22.2. The molecule has 0 unspecified atom stereocenters. The van der Waals surface area contributed by atoms with Crippen LogP contribution in [0.1, 0.15) is 13.3 Å². The van der Waals surface area contributed by atoms with E-state index in [9.17, 15) is 19.5 Å². The maximum Gasteiger partial charge on any atom is 0.326 e. The van der Waals surface area contributed by atoms with Gasteiger partial charge in [-0.1, -0.05) is 0 Å². The summed E-state index contributed by atoms with van der Waals surface area (Å²) in [5.74, 6) is -1.42. The molecule has 3 amide bonds. The summed E-state index contributed by atoms with van der Waals surface area (Å²) in [5.41, 5.74) is 0. The predicted molar refractivity (Wildman–Crippen MR) is 65.5 cm³/mol. The van der Waals surface area contributed by atoms with Crippen LogP contribution in [0.4, 0.5) is 4.79 Å². The first kappa shape index (κ1) is 15.2. The van der Waals surface area contributed by atoms with Crippen molar-refractivity contribution in [3.63, 3.8) is 0 Å². The molecule has 8 nitrogen and oxygen atoms in total. The van der Waals surface area contributed by atoms with E-state index in [4.69, 9.17) is 5.11 Å². The molecule has 2 atom stereocenters. The van der Waals surface area contributed by atoms with E-state index < -0.39 is 24.1 Å². The predicted octanol–water partition coefficient (Wildman–Crippen LogP) is -1.31. The molecule has 0 radical (unpaired) electrons. The number of carboxylic acids is 1. The number of amides is 3. The third kappa shape index (κ3) is 3.82. The first-order valence-electron chi connectivity index (χ1n) is 6.06. The smallest absolute Gasteiger partial charge is 0.326 e. The van der Waals surface area contributed by atoms with Crippen molar-refractivity contribution < 1.29 is 24.6 Å². The third-order valence-electron chi connectivity index (χ3n) is 3.12. The van der Waals surface area contributed by atoms with Crippen molar-refractivity contribution in [3.8, 4) is 0 Å². The molecular weight excluding hydrogens is 254 g/mol. The minimum atomic E-state index is -1.16. The Kier molecular flexibility index (Phi) is 5.11. The SMILES string of the molecule is CCN(C)C(=O)CNC(=O)N1C[C@H](O)C[C@H]1C(=O)O. The maximum absolute atomic E-state index is 11.8. The molecule has 1 fully saturated rings. The molecule has 108 valence electrons. The topological polar surface area (TPSA) is 110 Å². The number of rotatable bonds is 4. The van der Waals surface area contributed by atoms with Crippen molar-refractivity contribution in [2.75, 3.05) is 26.7 Å². The quantitative estimate of drug-likeness (QED) is 0.589. The van der Waals surface area contributed by atoms with Gasteiger partial charge in [0.05, 0.1) is 12.6 Å². The van der Waals surface area contributed by atoms with Gasteiger partial charge in [0.1, 0.15) is 6.04 Å². The minimum absolute atomic E-state index is 0.00552. The van der Waals surface area contributed by atoms with Crippen LogP contribution >= 0.6 is 0 Å². The van der Waals surface area contributed by atoms with Crippen LogP contribution in [0.2, 0.25) is 0 Å². The number of aliphatic hydroxyl groups excluding tert-OH is 1. The number of nitrogens with one attached hydrogen (secondary N) is 1. The highest BCUT2D eigenvalue weighted by Gasteiger charge is 2.38. The van der Waals surface area contributed by atoms with Crippen LogP contribution in [-0.4, -0.2) is 76.7 Å². The molecule has 0 saturated carbocycles. The van der Waals surface area contributed by atoms with Crippen LogP contribution in [0.25, 0.3) is 0 Å². The number of carbonyl (C=O) groups is 3. The zero-order valence-corrected chi connectivity index (χ0v) is 11.0. The van der Waals surface area contributed by atoms with E-state index in [0.717, 1.165) is 4.90 Å². The lowest BCUT2D eigenvalue weighted by Gasteiger charge is -2.22. The number of carboxylic acid groups (broad SMARTS) is 1. The molecule has 0 bridgehead atoms. The first-order chi connectivity index (χ1) is 8.86. The summed E-state index contributed by atoms with van der Waals surface area (Å²) in [5, 5.41) is 20.7. The Morgan fingerprint density at radius 1 is 1.42 bits per heavy atom. The lowest BCUT2D eigenvalue weighted by molar-refractivity contribution is -0.141. The molecule has 0 aromatic carbocycles. The van der Waals surface area contributed by atoms with Crippen molar-refractivity contribution in [3.05, 3.63) is 0 Å². The molecule has 0 spiro atoms. The maximum atomic E-state index is 11.8. The van der Waals surface area contributed by atoms with Crippen molar-refractivity contribution in [2.45, 2.75) is 25.5 Å². The average Bonchev–Trinajstić information content (AvgIpc) is 2.76. The molecule has 19 heavy (non-hydrogen) atoms. The minimum Gasteiger partial charge on any atom is -0.480 e. The van der Waals surface area contributed by atoms with E-state index >= 15 is 0 Å². The van der Waals surface area contributed by atoms with Gasteiger partial charge in [-0.15, -0.1) is 0 Å². The number of aliphatic carboxylic acids is 1. The Hall–Kier alpha value is -1.83. The summed E-state index contributed by atoms with van der Waals surface area (Å²) in [4.78, 5) is 36.7. The van der Waals surface area contributed by atoms with Gasteiger partial charge in [-0.3, -0.25) is 4.79 Å². The summed E-state index contributed by atoms with van der Waals surface area (Å²) in [6, 6.07) is -1.70. The van der Waals surface area contributed by atoms with Crippen LogP contribution in [0.3, 0.4) is 0 Å². The fourth-order valence-electron chi connectivity index (χ4n) is 1.84. The lowest BCUT2D eigenvalue weighted by Crippen LogP contribution is -2.48. The largest absolute Gasteiger partial charge is 0.480 e. The van der Waals surface area contributed by atoms with E-state index in [2.05, 4.69) is 5.32 Å². The van der Waals surface area contributed by atoms with Gasteiger partial charge in [-0.2, -0.15) is 0 Å². The second-order valence-electron chi connectivity index (χ2n) is 4.46. The molecule has 1 aliphatic rings. The molecule has 1 heterocycles. The van der Waals surface area contributed by atoms with Crippen LogP contribution in [0.15, 0.2) is 0 Å². The summed E-state index contributed by atoms with van der Waals surface area (Å²) in [6.07, 6.45) is -0.841. The Balaban J connectivity index is 2.53. The van der Waals surface area contributed by atoms with Crippen LogP contribution in [0, 0.1) is 0 Å². The molecule has 1 rings (SSSR count). The lowest BCUT2D eigenvalue weighted by atomic mass is 10.2. The Morgan fingerprint density at radius 2 is 2.05 bits per heavy atom. The number of β-amino-alcohol motifs (C(OH)–C–C–N with tert-alkyl or cyclic N) is 1. The molecule has 0 aromatic rings. The molecule has 8 heteroatoms. The van der Waals surface area contributed by atoms with Gasteiger partial charge < -0.3 is 25.3 Å². The molecule has 1 aliphatic heterocycles. The van der Waals surface area contributed by atoms with Crippen molar-refractivity contribution in [2.24, 2.45) is 0 Å². The van der Waals surface area contributed by atoms with Crippen LogP contribution in [0.5, 0.6) is 0 Å². The highest BCUT2D eigenvalue weighted by Crippen LogP contribution is 2.17. The highest BCUT2D eigenvalue weighted by atomic mass is 16.4. The second-order valence-corrected chi connectivity index (χ2v) is 4.46. The molecule has 0 aliphatic carbocycles. The summed E-state index contributed by atoms with van der Waals surface area (Å²) in [6.45, 7) is 2.09. The van der Waals surface area contributed by atoms with Crippen LogP contribution in [-0.2, 0) is 9.59 Å². The van der Waals surface area contributed by atoms with E-state index in [1.54, 1.807) is 14.0 Å². The Bertz CT molecular complexity index is 373. The molecule has 3 N–H and O–H groups in total. The van der Waals surface area contributed by atoms with E-state index in [-0.39, 0.29) is 25.4 Å². The van der Waals surface area contributed by atoms with Gasteiger partial charge in [-0.25, -0.2) is 9.59 Å². The van der Waals surface area contributed by atoms with Gasteiger partial charge >= 0.3 is 12.0 Å². The number of carbonyl (C=O) groups excluding carboxylic acids is 2. The number of hydrogen-bond acceptors (Lipinski definition) is 4. The number of urea groups is 1. The number of nitrogens with zero attached hydrogens (tertiary/aromatic N) is 2. The van der Waals surface area contributed by atoms with Crippen molar-refractivity contribution in [1.29, 1.82) is 0 Å². The monoisotopic (exact) mass is 273 g/mol. The molecule has 0 aromatic heterocycles. The summed E-state index contributed by atoms with van der Waals surface area (Å²) >= 11 is 0. The van der Waals surface area contributed by atoms with Crippen molar-refractivity contribution in [1.82, 2.24) is 15.1 Å². The van der Waals surface area contributed by atoms with E-state index in [1.165, 1.54) is 4.90 Å². The van der Waals surface area contributed by atoms with Gasteiger partial charge in [0.2, 0.25) is 5.91 Å². The standard InChI is InChI=1S/C11H19N3O5/c1-3-13(2)9(16)5-12-11(19)14-6-7(15)4-8(14)10(17)18/h7-8,15H,3-6H2,1-2H3,(H,12,19)(H,17,18)/t7-,8+/m1/s1. The number of likely N-dealkylation sites (N-methyl/N-ethyl adjacent to an activating group) is 1. The summed E-state index contributed by atoms with van der Waals surface area (Å²) in [7, 11) is 1.61. The van der Waals surface area contributed by atoms with Crippen LogP contribution < -0.4 is 5.32 Å². The fourth-order valence-corrected chi connectivity index (χ4v) is 1.84. The Labute approximate surface area is 111 Å². The van der Waals surface area contributed by atoms with Crippen molar-refractivity contribution >= 4 is 17.9 Å². The molecular formula is C11H19N3O5. The third-order valence-corrected chi connectivity index (χ3v) is 3.12. The summed E-state index contributed by atoms with van der Waals surface area (Å²) < 4.78 is 0. The zero-order valence-electron chi connectivity index (χ0n) is 11.0. The van der Waals surface area contributed by atoms with Gasteiger partial charge in [0, 0.05) is 26.6 Å². The number of hydrogen-bond donors (Lipinski definition) is 3. The Morgan fingerprint density at radius 3 is 2.58 bits per heavy atom. The number of aliphatic hydroxyl groups is 1. The van der Waals surface area contributed by atoms with Gasteiger partial charge in [0.25, 0.3) is 0 Å². The fraction of sp³-hybridized carbons (Fsp3) is 0.727. The zero-order chi connectivity index (χ0) is 14.6. The highest BCUT2D eigenvalue weighted by molar-refractivity contribution is 5.87. The number of likely N-dealkylation sites (tertiary alicyclic amines) is 1. The van der Waals surface area contributed by atoms with Gasteiger partial charge in [0.15, 0.2) is 0 Å².